The van der Waals surface area contributed by atoms with Crippen molar-refractivity contribution in [1.29, 1.82) is 0 Å². The van der Waals surface area contributed by atoms with Gasteiger partial charge in [0.1, 0.15) is 11.9 Å². The van der Waals surface area contributed by atoms with Crippen molar-refractivity contribution in [2.75, 3.05) is 0 Å². The van der Waals surface area contributed by atoms with Gasteiger partial charge in [-0.05, 0) is 47.9 Å². The van der Waals surface area contributed by atoms with Gasteiger partial charge in [-0.15, -0.1) is 0 Å². The number of hydrogen-bond acceptors (Lipinski definition) is 2. The highest BCUT2D eigenvalue weighted by atomic mass is 16.5. The molecule has 0 amide bonds. The maximum Gasteiger partial charge on any atom is 0.123 e. The minimum Gasteiger partial charge on any atom is -0.490 e. The summed E-state index contributed by atoms with van der Waals surface area (Å²) in [6.45, 7) is 0. The third-order valence-corrected chi connectivity index (χ3v) is 4.99. The predicted molar refractivity (Wildman–Crippen MR) is 84.4 cm³/mol. The number of rotatable bonds is 2. The number of aryl methyl sites for hydroxylation is 1. The fraction of sp³-hybridized carbons (Fsp3) is 0.368. The van der Waals surface area contributed by atoms with Crippen LogP contribution in [0.25, 0.3) is 0 Å². The molecule has 0 radical (unpaired) electrons. The van der Waals surface area contributed by atoms with Gasteiger partial charge in [0, 0.05) is 12.5 Å². The normalized spacial score (nSPS) is 26.8. The molecule has 2 nitrogen and oxygen atoms in total. The van der Waals surface area contributed by atoms with Gasteiger partial charge in [0.25, 0.3) is 0 Å². The average molecular weight is 279 g/mol. The Bertz CT molecular complexity index is 627. The molecule has 0 saturated heterocycles. The Morgan fingerprint density at radius 2 is 1.76 bits per heavy atom. The minimum atomic E-state index is 0.155. The molecule has 0 aromatic heterocycles. The van der Waals surface area contributed by atoms with Gasteiger partial charge >= 0.3 is 0 Å². The van der Waals surface area contributed by atoms with Crippen LogP contribution in [0, 0.1) is 5.92 Å². The van der Waals surface area contributed by atoms with E-state index in [1.165, 1.54) is 23.1 Å². The molecule has 1 aliphatic heterocycles. The summed E-state index contributed by atoms with van der Waals surface area (Å²) in [4.78, 5) is 0. The highest BCUT2D eigenvalue weighted by Crippen LogP contribution is 2.38. The van der Waals surface area contributed by atoms with E-state index in [0.29, 0.717) is 12.0 Å². The quantitative estimate of drug-likeness (QED) is 0.911. The van der Waals surface area contributed by atoms with E-state index in [9.17, 15) is 0 Å². The molecule has 1 aliphatic carbocycles. The van der Waals surface area contributed by atoms with Crippen molar-refractivity contribution in [1.82, 2.24) is 0 Å². The Labute approximate surface area is 125 Å². The Kier molecular flexibility index (Phi) is 3.19. The molecule has 2 aliphatic rings. The zero-order chi connectivity index (χ0) is 14.2. The number of ether oxygens (including phenoxy) is 1. The van der Waals surface area contributed by atoms with Crippen LogP contribution in [-0.2, 0) is 12.8 Å². The van der Waals surface area contributed by atoms with E-state index in [2.05, 4.69) is 42.5 Å². The second-order valence-electron chi connectivity index (χ2n) is 6.31. The van der Waals surface area contributed by atoms with Crippen LogP contribution in [-0.4, -0.2) is 6.10 Å². The highest BCUT2D eigenvalue weighted by Gasteiger charge is 2.31. The molecule has 2 aromatic rings. The topological polar surface area (TPSA) is 35.2 Å². The molecule has 0 bridgehead atoms. The van der Waals surface area contributed by atoms with E-state index < -0.39 is 0 Å². The monoisotopic (exact) mass is 279 g/mol. The number of hydrogen-bond donors (Lipinski definition) is 1. The first-order valence-corrected chi connectivity index (χ1v) is 7.89. The molecule has 3 unspecified atom stereocenters. The summed E-state index contributed by atoms with van der Waals surface area (Å²) in [6.07, 6.45) is 4.71. The van der Waals surface area contributed by atoms with E-state index in [4.69, 9.17) is 10.5 Å². The lowest BCUT2D eigenvalue weighted by Gasteiger charge is -2.32. The first-order chi connectivity index (χ1) is 10.3. The van der Waals surface area contributed by atoms with E-state index >= 15 is 0 Å². The Morgan fingerprint density at radius 1 is 1.00 bits per heavy atom. The van der Waals surface area contributed by atoms with Crippen LogP contribution in [0.4, 0.5) is 0 Å². The predicted octanol–water partition coefficient (Wildman–Crippen LogP) is 3.64. The number of nitrogens with two attached hydrogens (primary N) is 1. The summed E-state index contributed by atoms with van der Waals surface area (Å²) < 4.78 is 6.09. The second-order valence-corrected chi connectivity index (χ2v) is 6.31. The Morgan fingerprint density at radius 3 is 2.62 bits per heavy atom. The van der Waals surface area contributed by atoms with Crippen molar-refractivity contribution in [3.05, 3.63) is 65.2 Å². The molecular formula is C19H21NO. The van der Waals surface area contributed by atoms with Crippen LogP contribution >= 0.6 is 0 Å². The number of para-hydroxylation sites is 1. The summed E-state index contributed by atoms with van der Waals surface area (Å²) in [6, 6.07) is 17.2. The van der Waals surface area contributed by atoms with Gasteiger partial charge < -0.3 is 10.5 Å². The smallest absolute Gasteiger partial charge is 0.123 e. The van der Waals surface area contributed by atoms with Gasteiger partial charge in [0.15, 0.2) is 0 Å². The zero-order valence-corrected chi connectivity index (χ0v) is 12.2. The maximum absolute atomic E-state index is 6.52. The molecule has 0 spiro atoms. The molecule has 3 atom stereocenters. The van der Waals surface area contributed by atoms with Crippen LogP contribution in [0.2, 0.25) is 0 Å². The van der Waals surface area contributed by atoms with Crippen LogP contribution in [0.5, 0.6) is 5.75 Å². The van der Waals surface area contributed by atoms with Gasteiger partial charge in [-0.3, -0.25) is 0 Å². The third kappa shape index (κ3) is 2.34. The van der Waals surface area contributed by atoms with Crippen LogP contribution < -0.4 is 10.5 Å². The van der Waals surface area contributed by atoms with Gasteiger partial charge in [-0.25, -0.2) is 0 Å². The molecule has 21 heavy (non-hydrogen) atoms. The summed E-state index contributed by atoms with van der Waals surface area (Å²) >= 11 is 0. The molecule has 2 heteroatoms. The van der Waals surface area contributed by atoms with Gasteiger partial charge in [-0.2, -0.15) is 0 Å². The number of fused-ring (bicyclic) bond motifs is 2. The zero-order valence-electron chi connectivity index (χ0n) is 12.2. The fourth-order valence-electron chi connectivity index (χ4n) is 3.85. The summed E-state index contributed by atoms with van der Waals surface area (Å²) in [5, 5.41) is 0. The second kappa shape index (κ2) is 5.19. The van der Waals surface area contributed by atoms with E-state index in [1.54, 1.807) is 0 Å². The Hall–Kier alpha value is -1.80. The van der Waals surface area contributed by atoms with E-state index in [-0.39, 0.29) is 6.04 Å². The lowest BCUT2D eigenvalue weighted by molar-refractivity contribution is 0.175. The Balaban J connectivity index is 1.48. The summed E-state index contributed by atoms with van der Waals surface area (Å²) in [5.41, 5.74) is 10.6. The SMILES string of the molecule is NC1c2ccccc2CCC1CC1Cc2ccccc2O1. The lowest BCUT2D eigenvalue weighted by Crippen LogP contribution is -2.31. The molecule has 1 heterocycles. The highest BCUT2D eigenvalue weighted by molar-refractivity contribution is 5.37. The molecule has 2 aromatic carbocycles. The first kappa shape index (κ1) is 12.9. The maximum atomic E-state index is 6.52. The van der Waals surface area contributed by atoms with Crippen LogP contribution in [0.15, 0.2) is 48.5 Å². The van der Waals surface area contributed by atoms with Crippen molar-refractivity contribution in [3.63, 3.8) is 0 Å². The van der Waals surface area contributed by atoms with Gasteiger partial charge in [0.2, 0.25) is 0 Å². The number of benzene rings is 2. The standard InChI is InChI=1S/C19H21NO/c20-19-15(10-9-13-5-1-3-7-17(13)19)12-16-11-14-6-2-4-8-18(14)21-16/h1-8,15-16,19H,9-12,20H2. The molecule has 0 fully saturated rings. The van der Waals surface area contributed by atoms with E-state index in [0.717, 1.165) is 25.0 Å². The first-order valence-electron chi connectivity index (χ1n) is 7.89. The molecule has 2 N–H and O–H groups in total. The largest absolute Gasteiger partial charge is 0.490 e. The fourth-order valence-corrected chi connectivity index (χ4v) is 3.85. The molecule has 4 rings (SSSR count). The van der Waals surface area contributed by atoms with Crippen molar-refractivity contribution >= 4 is 0 Å². The van der Waals surface area contributed by atoms with Gasteiger partial charge in [-0.1, -0.05) is 42.5 Å². The van der Waals surface area contributed by atoms with Crippen molar-refractivity contribution in [3.8, 4) is 5.75 Å². The van der Waals surface area contributed by atoms with Gasteiger partial charge in [0.05, 0.1) is 0 Å². The summed E-state index contributed by atoms with van der Waals surface area (Å²) in [5.74, 6) is 1.59. The molecular weight excluding hydrogens is 258 g/mol. The van der Waals surface area contributed by atoms with E-state index in [1.807, 2.05) is 6.07 Å². The van der Waals surface area contributed by atoms with Crippen LogP contribution in [0.3, 0.4) is 0 Å². The molecule has 108 valence electrons. The van der Waals surface area contributed by atoms with Crippen molar-refractivity contribution < 1.29 is 4.74 Å². The van der Waals surface area contributed by atoms with Crippen molar-refractivity contribution in [2.45, 2.75) is 37.8 Å². The molecule has 0 saturated carbocycles. The minimum absolute atomic E-state index is 0.155. The third-order valence-electron chi connectivity index (χ3n) is 4.99. The van der Waals surface area contributed by atoms with Crippen LogP contribution in [0.1, 0.15) is 35.6 Å². The summed E-state index contributed by atoms with van der Waals surface area (Å²) in [7, 11) is 0. The lowest BCUT2D eigenvalue weighted by atomic mass is 9.77. The average Bonchev–Trinajstić information content (AvgIpc) is 2.93. The van der Waals surface area contributed by atoms with Crippen molar-refractivity contribution in [2.24, 2.45) is 11.7 Å².